The van der Waals surface area contributed by atoms with Crippen molar-refractivity contribution in [3.63, 3.8) is 0 Å². The van der Waals surface area contributed by atoms with Gasteiger partial charge in [-0.25, -0.2) is 0 Å². The third-order valence-corrected chi connectivity index (χ3v) is 5.78. The average Bonchev–Trinajstić information content (AvgIpc) is 2.69. The highest BCUT2D eigenvalue weighted by molar-refractivity contribution is 6.30. The summed E-state index contributed by atoms with van der Waals surface area (Å²) in [5, 5.41) is 3.83. The molecule has 5 heteroatoms. The number of halogens is 1. The number of carbonyl (C=O) groups is 1. The number of amides is 1. The van der Waals surface area contributed by atoms with E-state index in [1.807, 2.05) is 24.3 Å². The Morgan fingerprint density at radius 3 is 2.46 bits per heavy atom. The molecule has 0 saturated carbocycles. The van der Waals surface area contributed by atoms with E-state index in [1.54, 1.807) is 38.1 Å². The largest absolute Gasteiger partial charge is 0.487 e. The maximum Gasteiger partial charge on any atom is 0.264 e. The zero-order chi connectivity index (χ0) is 20.4. The molecule has 150 valence electrons. The first kappa shape index (κ1) is 20.5. The lowest BCUT2D eigenvalue weighted by Gasteiger charge is -2.42. The zero-order valence-corrected chi connectivity index (χ0v) is 17.7. The second-order valence-corrected chi connectivity index (χ2v) is 8.26. The molecule has 0 fully saturated rings. The molecule has 0 aromatic heterocycles. The van der Waals surface area contributed by atoms with E-state index in [9.17, 15) is 4.79 Å². The predicted molar refractivity (Wildman–Crippen MR) is 112 cm³/mol. The topological polar surface area (TPSA) is 47.6 Å². The lowest BCUT2D eigenvalue weighted by Crippen LogP contribution is -2.51. The number of ether oxygens (including phenoxy) is 2. The zero-order valence-electron chi connectivity index (χ0n) is 16.9. The van der Waals surface area contributed by atoms with Gasteiger partial charge in [0.1, 0.15) is 17.1 Å². The first-order valence-electron chi connectivity index (χ1n) is 9.82. The molecular weight excluding hydrogens is 374 g/mol. The molecule has 4 nitrogen and oxygen atoms in total. The Kier molecular flexibility index (Phi) is 5.90. The van der Waals surface area contributed by atoms with Gasteiger partial charge in [-0.3, -0.25) is 4.79 Å². The lowest BCUT2D eigenvalue weighted by molar-refractivity contribution is -0.135. The van der Waals surface area contributed by atoms with Crippen molar-refractivity contribution in [3.8, 4) is 11.5 Å². The normalized spacial score (nSPS) is 18.0. The summed E-state index contributed by atoms with van der Waals surface area (Å²) in [6.07, 6.45) is 2.50. The molecule has 1 aliphatic heterocycles. The molecule has 0 aliphatic carbocycles. The van der Waals surface area contributed by atoms with Crippen molar-refractivity contribution >= 4 is 17.5 Å². The fourth-order valence-electron chi connectivity index (χ4n) is 3.61. The van der Waals surface area contributed by atoms with Crippen LogP contribution in [-0.2, 0) is 4.79 Å². The summed E-state index contributed by atoms with van der Waals surface area (Å²) in [4.78, 5) is 13.1. The summed E-state index contributed by atoms with van der Waals surface area (Å²) in [7, 11) is 0. The highest BCUT2D eigenvalue weighted by Crippen LogP contribution is 2.42. The van der Waals surface area contributed by atoms with Crippen LogP contribution in [0.1, 0.15) is 58.6 Å². The van der Waals surface area contributed by atoms with E-state index in [1.165, 1.54) is 0 Å². The molecule has 0 bridgehead atoms. The Labute approximate surface area is 172 Å². The Morgan fingerprint density at radius 2 is 1.82 bits per heavy atom. The molecule has 3 rings (SSSR count). The molecule has 1 N–H and O–H groups in total. The van der Waals surface area contributed by atoms with E-state index in [-0.39, 0.29) is 17.6 Å². The van der Waals surface area contributed by atoms with Crippen LogP contribution in [0.2, 0.25) is 5.02 Å². The molecule has 0 spiro atoms. The molecule has 2 aromatic rings. The van der Waals surface area contributed by atoms with Crippen LogP contribution in [0.15, 0.2) is 48.5 Å². The number of fused-ring (bicyclic) bond motifs is 1. The van der Waals surface area contributed by atoms with Gasteiger partial charge >= 0.3 is 0 Å². The van der Waals surface area contributed by atoms with E-state index in [4.69, 9.17) is 21.1 Å². The Hall–Kier alpha value is -2.20. The van der Waals surface area contributed by atoms with Gasteiger partial charge in [0.15, 0.2) is 5.60 Å². The molecular formula is C23H28ClNO3. The van der Waals surface area contributed by atoms with Gasteiger partial charge in [-0.2, -0.15) is 0 Å². The van der Waals surface area contributed by atoms with Crippen LogP contribution >= 0.6 is 11.6 Å². The number of nitrogens with one attached hydrogen (secondary N) is 1. The van der Waals surface area contributed by atoms with Crippen LogP contribution in [0.25, 0.3) is 0 Å². The fourth-order valence-corrected chi connectivity index (χ4v) is 3.73. The van der Waals surface area contributed by atoms with Gasteiger partial charge < -0.3 is 14.8 Å². The maximum atomic E-state index is 13.1. The molecule has 0 radical (unpaired) electrons. The minimum atomic E-state index is -1.03. The molecule has 1 amide bonds. The van der Waals surface area contributed by atoms with Crippen LogP contribution in [0.5, 0.6) is 11.5 Å². The van der Waals surface area contributed by atoms with Crippen LogP contribution in [0.3, 0.4) is 0 Å². The second-order valence-electron chi connectivity index (χ2n) is 7.83. The van der Waals surface area contributed by atoms with Crippen molar-refractivity contribution in [1.29, 1.82) is 0 Å². The van der Waals surface area contributed by atoms with Crippen molar-refractivity contribution < 1.29 is 14.3 Å². The van der Waals surface area contributed by atoms with E-state index < -0.39 is 5.60 Å². The number of rotatable bonds is 6. The van der Waals surface area contributed by atoms with Crippen molar-refractivity contribution in [2.45, 2.75) is 64.2 Å². The summed E-state index contributed by atoms with van der Waals surface area (Å²) >= 11 is 5.93. The van der Waals surface area contributed by atoms with Crippen molar-refractivity contribution in [2.75, 3.05) is 0 Å². The summed E-state index contributed by atoms with van der Waals surface area (Å²) < 4.78 is 12.3. The summed E-state index contributed by atoms with van der Waals surface area (Å²) in [5.74, 6) is 1.29. The number of benzene rings is 2. The maximum absolute atomic E-state index is 13.1. The van der Waals surface area contributed by atoms with Crippen LogP contribution in [-0.4, -0.2) is 17.1 Å². The molecule has 1 atom stereocenters. The smallest absolute Gasteiger partial charge is 0.264 e. The summed E-state index contributed by atoms with van der Waals surface area (Å²) in [6.45, 7) is 7.80. The highest BCUT2D eigenvalue weighted by Gasteiger charge is 2.41. The predicted octanol–water partition coefficient (Wildman–Crippen LogP) is 5.70. The van der Waals surface area contributed by atoms with Crippen molar-refractivity contribution in [2.24, 2.45) is 0 Å². The number of hydrogen-bond donors (Lipinski definition) is 1. The number of carbonyl (C=O) groups excluding carboxylic acids is 1. The lowest BCUT2D eigenvalue weighted by atomic mass is 9.83. The van der Waals surface area contributed by atoms with Crippen molar-refractivity contribution in [3.05, 3.63) is 59.1 Å². The van der Waals surface area contributed by atoms with Crippen LogP contribution < -0.4 is 14.8 Å². The third kappa shape index (κ3) is 4.27. The summed E-state index contributed by atoms with van der Waals surface area (Å²) in [5.41, 5.74) is -0.286. The van der Waals surface area contributed by atoms with Gasteiger partial charge in [-0.15, -0.1) is 0 Å². The minimum absolute atomic E-state index is 0.120. The first-order chi connectivity index (χ1) is 13.3. The van der Waals surface area contributed by atoms with E-state index >= 15 is 0 Å². The van der Waals surface area contributed by atoms with Gasteiger partial charge in [0.25, 0.3) is 5.91 Å². The molecule has 2 aromatic carbocycles. The number of hydrogen-bond acceptors (Lipinski definition) is 3. The van der Waals surface area contributed by atoms with Crippen LogP contribution in [0, 0.1) is 0 Å². The Bertz CT molecular complexity index is 828. The molecule has 28 heavy (non-hydrogen) atoms. The summed E-state index contributed by atoms with van der Waals surface area (Å²) in [6, 6.07) is 14.8. The minimum Gasteiger partial charge on any atom is -0.487 e. The monoisotopic (exact) mass is 401 g/mol. The molecule has 1 heterocycles. The average molecular weight is 402 g/mol. The fraction of sp³-hybridized carbons (Fsp3) is 0.435. The van der Waals surface area contributed by atoms with Gasteiger partial charge in [-0.05, 0) is 57.0 Å². The third-order valence-electron chi connectivity index (χ3n) is 5.52. The standard InChI is InChI=1S/C23H28ClNO3/c1-5-23(6-2)15-19(18-9-7-8-10-20(18)28-23)25-21(26)22(3,4)27-17-13-11-16(24)12-14-17/h7-14,19H,5-6,15H2,1-4H3,(H,25,26)/t19-/m1/s1. The van der Waals surface area contributed by atoms with Gasteiger partial charge in [0.05, 0.1) is 6.04 Å². The molecule has 1 aliphatic rings. The van der Waals surface area contributed by atoms with Crippen LogP contribution in [0.4, 0.5) is 0 Å². The van der Waals surface area contributed by atoms with Gasteiger partial charge in [-0.1, -0.05) is 43.6 Å². The highest BCUT2D eigenvalue weighted by atomic mass is 35.5. The van der Waals surface area contributed by atoms with E-state index in [0.29, 0.717) is 10.8 Å². The molecule has 0 saturated heterocycles. The quantitative estimate of drug-likeness (QED) is 0.675. The van der Waals surface area contributed by atoms with Crippen molar-refractivity contribution in [1.82, 2.24) is 5.32 Å². The Balaban J connectivity index is 1.80. The second kappa shape index (κ2) is 8.04. The first-order valence-corrected chi connectivity index (χ1v) is 10.2. The van der Waals surface area contributed by atoms with E-state index in [2.05, 4.69) is 19.2 Å². The van der Waals surface area contributed by atoms with Gasteiger partial charge in [0, 0.05) is 17.0 Å². The Morgan fingerprint density at radius 1 is 1.18 bits per heavy atom. The van der Waals surface area contributed by atoms with Gasteiger partial charge in [0.2, 0.25) is 0 Å². The number of para-hydroxylation sites is 1. The molecule has 0 unspecified atom stereocenters. The van der Waals surface area contributed by atoms with E-state index in [0.717, 1.165) is 30.6 Å². The SMILES string of the molecule is CCC1(CC)C[C@@H](NC(=O)C(C)(C)Oc2ccc(Cl)cc2)c2ccccc2O1.